The van der Waals surface area contributed by atoms with Crippen molar-refractivity contribution in [2.45, 2.75) is 85.0 Å². The molecule has 0 atom stereocenters. The molecule has 1 amide bonds. The third kappa shape index (κ3) is 9.63. The van der Waals surface area contributed by atoms with Crippen molar-refractivity contribution >= 4 is 11.7 Å². The maximum absolute atomic E-state index is 12.0. The summed E-state index contributed by atoms with van der Waals surface area (Å²) in [5.74, 6) is -0.0877. The molecule has 8 nitrogen and oxygen atoms in total. The molecule has 0 radical (unpaired) electrons. The summed E-state index contributed by atoms with van der Waals surface area (Å²) in [4.78, 5) is 23.1. The molecular formula is C22H38N2O6. The number of aromatic nitrogens is 1. The van der Waals surface area contributed by atoms with Crippen LogP contribution >= 0.6 is 0 Å². The third-order valence-corrected chi connectivity index (χ3v) is 4.99. The first-order chi connectivity index (χ1) is 13.8. The lowest BCUT2D eigenvalue weighted by Crippen LogP contribution is -2.34. The van der Waals surface area contributed by atoms with Gasteiger partial charge in [0.2, 0.25) is 5.91 Å². The average Bonchev–Trinajstić information content (AvgIpc) is 2.87. The van der Waals surface area contributed by atoms with Gasteiger partial charge in [-0.05, 0) is 54.4 Å². The van der Waals surface area contributed by atoms with E-state index in [1.165, 1.54) is 10.6 Å². The molecule has 0 aliphatic carbocycles. The molecule has 1 rings (SSSR count). The molecule has 0 saturated heterocycles. The normalized spacial score (nSPS) is 12.2. The number of ketones is 1. The summed E-state index contributed by atoms with van der Waals surface area (Å²) in [5.41, 5.74) is -0.222. The van der Waals surface area contributed by atoms with Crippen molar-refractivity contribution in [3.63, 3.8) is 0 Å². The zero-order valence-corrected chi connectivity index (χ0v) is 19.2. The van der Waals surface area contributed by atoms with Crippen LogP contribution in [0.15, 0.2) is 6.07 Å². The van der Waals surface area contributed by atoms with E-state index in [0.717, 1.165) is 0 Å². The van der Waals surface area contributed by atoms with Gasteiger partial charge in [-0.3, -0.25) is 9.36 Å². The van der Waals surface area contributed by atoms with Crippen LogP contribution in [0.1, 0.15) is 65.9 Å². The second-order valence-electron chi connectivity index (χ2n) is 8.93. The Balaban J connectivity index is 2.24. The number of hydrogen-bond acceptors (Lipinski definition) is 6. The molecule has 1 aromatic rings. The Kier molecular flexibility index (Phi) is 9.84. The van der Waals surface area contributed by atoms with Crippen LogP contribution in [0.3, 0.4) is 0 Å². The van der Waals surface area contributed by atoms with Crippen LogP contribution < -0.4 is 5.32 Å². The van der Waals surface area contributed by atoms with Gasteiger partial charge in [-0.25, -0.2) is 0 Å². The lowest BCUT2D eigenvalue weighted by Gasteiger charge is -2.28. The first kappa shape index (κ1) is 26.0. The van der Waals surface area contributed by atoms with Gasteiger partial charge in [0.1, 0.15) is 5.78 Å². The lowest BCUT2D eigenvalue weighted by molar-refractivity contribution is -0.121. The Morgan fingerprint density at radius 3 is 2.10 bits per heavy atom. The van der Waals surface area contributed by atoms with Gasteiger partial charge in [0.15, 0.2) is 11.8 Å². The highest BCUT2D eigenvalue weighted by Gasteiger charge is 2.21. The van der Waals surface area contributed by atoms with E-state index in [4.69, 9.17) is 9.47 Å². The number of carbonyl (C=O) groups is 2. The molecular weight excluding hydrogens is 388 g/mol. The van der Waals surface area contributed by atoms with E-state index in [0.29, 0.717) is 44.6 Å². The zero-order chi connectivity index (χ0) is 22.9. The molecule has 172 valence electrons. The number of nitrogens with one attached hydrogen (secondary N) is 1. The summed E-state index contributed by atoms with van der Waals surface area (Å²) in [6.45, 7) is 12.6. The molecule has 1 aromatic heterocycles. The number of Topliss-reactive ketones (excluding diaryl/α,β-unsaturated/α-hetero) is 1. The molecule has 0 aliphatic rings. The van der Waals surface area contributed by atoms with Crippen LogP contribution in [-0.4, -0.2) is 57.4 Å². The van der Waals surface area contributed by atoms with E-state index in [1.54, 1.807) is 13.8 Å². The second kappa shape index (κ2) is 11.4. The van der Waals surface area contributed by atoms with Crippen molar-refractivity contribution in [1.29, 1.82) is 0 Å². The van der Waals surface area contributed by atoms with Crippen LogP contribution in [0.2, 0.25) is 0 Å². The largest absolute Gasteiger partial charge is 0.494 e. The maximum atomic E-state index is 12.0. The summed E-state index contributed by atoms with van der Waals surface area (Å²) in [5, 5.41) is 22.4. The molecule has 3 N–H and O–H groups in total. The highest BCUT2D eigenvalue weighted by Crippen LogP contribution is 2.26. The monoisotopic (exact) mass is 426 g/mol. The third-order valence-electron chi connectivity index (χ3n) is 4.99. The van der Waals surface area contributed by atoms with Crippen molar-refractivity contribution in [2.24, 2.45) is 0 Å². The van der Waals surface area contributed by atoms with Crippen LogP contribution in [0.25, 0.3) is 0 Å². The number of hydrogen-bond donors (Lipinski definition) is 3. The number of carbonyl (C=O) groups excluding carboxylic acids is 2. The number of amides is 1. The number of aryl methyl sites for hydroxylation is 1. The van der Waals surface area contributed by atoms with E-state index in [9.17, 15) is 19.8 Å². The van der Waals surface area contributed by atoms with Gasteiger partial charge in [0.25, 0.3) is 0 Å². The van der Waals surface area contributed by atoms with Gasteiger partial charge >= 0.3 is 0 Å². The maximum Gasteiger partial charge on any atom is 0.221 e. The molecule has 30 heavy (non-hydrogen) atoms. The Morgan fingerprint density at radius 1 is 1.03 bits per heavy atom. The first-order valence-corrected chi connectivity index (χ1v) is 10.4. The predicted molar refractivity (Wildman–Crippen MR) is 115 cm³/mol. The first-order valence-electron chi connectivity index (χ1n) is 10.4. The van der Waals surface area contributed by atoms with Gasteiger partial charge in [-0.15, -0.1) is 0 Å². The minimum atomic E-state index is -0.422. The van der Waals surface area contributed by atoms with Crippen molar-refractivity contribution in [3.05, 3.63) is 11.6 Å². The number of rotatable bonds is 14. The quantitative estimate of drug-likeness (QED) is 0.394. The van der Waals surface area contributed by atoms with Gasteiger partial charge in [0, 0.05) is 37.6 Å². The van der Waals surface area contributed by atoms with Crippen LogP contribution in [0.5, 0.6) is 11.8 Å². The van der Waals surface area contributed by atoms with Crippen molar-refractivity contribution in [2.75, 3.05) is 19.8 Å². The number of ether oxygens (including phenoxy) is 2. The second-order valence-corrected chi connectivity index (χ2v) is 8.93. The number of nitrogens with zero attached hydrogens (tertiary/aromatic N) is 1. The van der Waals surface area contributed by atoms with Gasteiger partial charge in [-0.1, -0.05) is 0 Å². The van der Waals surface area contributed by atoms with Gasteiger partial charge < -0.3 is 29.8 Å². The SMILES string of the molecule is CC(=O)CCC(C)(C)OCCOC(C)(C)CCNC(=O)CCn1c(O)cc(C)c1O. The van der Waals surface area contributed by atoms with Gasteiger partial charge in [0.05, 0.1) is 24.4 Å². The fraction of sp³-hybridized carbons (Fsp3) is 0.727. The average molecular weight is 427 g/mol. The standard InChI is InChI=1S/C22H38N2O6/c1-16-15-19(27)24(20(16)28)12-8-18(26)23-11-10-22(5,6)30-14-13-29-21(3,4)9-7-17(2)25/h15,27-28H,7-14H2,1-6H3,(H,23,26). The molecule has 0 aromatic carbocycles. The van der Waals surface area contributed by atoms with Crippen LogP contribution in [0.4, 0.5) is 0 Å². The Hall–Kier alpha value is -2.06. The molecule has 0 fully saturated rings. The minimum Gasteiger partial charge on any atom is -0.494 e. The predicted octanol–water partition coefficient (Wildman–Crippen LogP) is 3.06. The Labute approximate surface area is 179 Å². The van der Waals surface area contributed by atoms with Crippen LogP contribution in [0, 0.1) is 6.92 Å². The van der Waals surface area contributed by atoms with E-state index in [-0.39, 0.29) is 42.0 Å². The molecule has 0 aliphatic heterocycles. The van der Waals surface area contributed by atoms with Crippen molar-refractivity contribution < 1.29 is 29.3 Å². The Morgan fingerprint density at radius 2 is 1.60 bits per heavy atom. The topological polar surface area (TPSA) is 110 Å². The van der Waals surface area contributed by atoms with Crippen LogP contribution in [-0.2, 0) is 25.6 Å². The molecule has 0 spiro atoms. The number of aromatic hydroxyl groups is 2. The minimum absolute atomic E-state index is 0.0264. The van der Waals surface area contributed by atoms with E-state index < -0.39 is 5.60 Å². The summed E-state index contributed by atoms with van der Waals surface area (Å²) in [6, 6.07) is 1.46. The van der Waals surface area contributed by atoms with E-state index in [2.05, 4.69) is 5.32 Å². The fourth-order valence-electron chi connectivity index (χ4n) is 2.94. The molecule has 8 heteroatoms. The lowest BCUT2D eigenvalue weighted by atomic mass is 10.0. The highest BCUT2D eigenvalue weighted by atomic mass is 16.5. The highest BCUT2D eigenvalue weighted by molar-refractivity contribution is 5.76. The van der Waals surface area contributed by atoms with E-state index >= 15 is 0 Å². The molecule has 0 saturated carbocycles. The van der Waals surface area contributed by atoms with E-state index in [1.807, 2.05) is 27.7 Å². The summed E-state index contributed by atoms with van der Waals surface area (Å²) in [6.07, 6.45) is 1.96. The molecule has 0 unspecified atom stereocenters. The zero-order valence-electron chi connectivity index (χ0n) is 19.2. The summed E-state index contributed by atoms with van der Waals surface area (Å²) < 4.78 is 13.0. The summed E-state index contributed by atoms with van der Waals surface area (Å²) >= 11 is 0. The van der Waals surface area contributed by atoms with Crippen molar-refractivity contribution in [1.82, 2.24) is 9.88 Å². The van der Waals surface area contributed by atoms with Crippen molar-refractivity contribution in [3.8, 4) is 11.8 Å². The Bertz CT molecular complexity index is 709. The molecule has 1 heterocycles. The fourth-order valence-corrected chi connectivity index (χ4v) is 2.94. The summed E-state index contributed by atoms with van der Waals surface area (Å²) in [7, 11) is 0. The smallest absolute Gasteiger partial charge is 0.221 e. The van der Waals surface area contributed by atoms with Gasteiger partial charge in [-0.2, -0.15) is 0 Å². The molecule has 0 bridgehead atoms.